The minimum atomic E-state index is 0.192. The highest BCUT2D eigenvalue weighted by Gasteiger charge is 2.04. The highest BCUT2D eigenvalue weighted by molar-refractivity contribution is 5.75. The van der Waals surface area contributed by atoms with Crippen LogP contribution < -0.4 is 5.32 Å². The van der Waals surface area contributed by atoms with Crippen molar-refractivity contribution in [2.45, 2.75) is 84.0 Å². The number of amides is 1. The Bertz CT molecular complexity index is 308. The van der Waals surface area contributed by atoms with E-state index in [4.69, 9.17) is 5.11 Å². The van der Waals surface area contributed by atoms with E-state index in [9.17, 15) is 4.79 Å². The van der Waals surface area contributed by atoms with Crippen molar-refractivity contribution < 1.29 is 9.90 Å². The van der Waals surface area contributed by atoms with Crippen LogP contribution in [0.2, 0.25) is 0 Å². The number of likely N-dealkylation sites (N-methyl/N-ethyl adjacent to an activating group) is 1. The van der Waals surface area contributed by atoms with Crippen molar-refractivity contribution in [2.75, 3.05) is 32.8 Å². The monoisotopic (exact) mass is 354 g/mol. The van der Waals surface area contributed by atoms with Crippen molar-refractivity contribution in [3.05, 3.63) is 12.7 Å². The van der Waals surface area contributed by atoms with Gasteiger partial charge < -0.3 is 15.3 Å². The number of nitrogens with one attached hydrogen (secondary N) is 1. The SMILES string of the molecule is C=CCCCCCC(=O)NCCN(CC)CCCCCCCCCO. The predicted octanol–water partition coefficient (Wildman–Crippen LogP) is 4.28. The van der Waals surface area contributed by atoms with Crippen LogP contribution in [-0.4, -0.2) is 48.7 Å². The maximum Gasteiger partial charge on any atom is 0.220 e. The van der Waals surface area contributed by atoms with Gasteiger partial charge in [-0.15, -0.1) is 6.58 Å². The molecule has 0 aromatic rings. The zero-order chi connectivity index (χ0) is 18.6. The summed E-state index contributed by atoms with van der Waals surface area (Å²) in [5.41, 5.74) is 0. The first kappa shape index (κ1) is 24.1. The fraction of sp³-hybridized carbons (Fsp3) is 0.857. The third-order valence-electron chi connectivity index (χ3n) is 4.64. The first-order valence-corrected chi connectivity index (χ1v) is 10.4. The van der Waals surface area contributed by atoms with Gasteiger partial charge in [0.2, 0.25) is 5.91 Å². The number of nitrogens with zero attached hydrogens (tertiary/aromatic N) is 1. The van der Waals surface area contributed by atoms with E-state index in [2.05, 4.69) is 23.7 Å². The van der Waals surface area contributed by atoms with Gasteiger partial charge in [-0.05, 0) is 45.2 Å². The van der Waals surface area contributed by atoms with Gasteiger partial charge in [-0.1, -0.05) is 51.5 Å². The molecule has 0 saturated heterocycles. The predicted molar refractivity (Wildman–Crippen MR) is 108 cm³/mol. The Kier molecular flexibility index (Phi) is 18.8. The van der Waals surface area contributed by atoms with Gasteiger partial charge in [0.25, 0.3) is 0 Å². The molecule has 2 N–H and O–H groups in total. The summed E-state index contributed by atoms with van der Waals surface area (Å²) in [5.74, 6) is 0.192. The van der Waals surface area contributed by atoms with Crippen LogP contribution in [-0.2, 0) is 4.79 Å². The average Bonchev–Trinajstić information content (AvgIpc) is 2.62. The van der Waals surface area contributed by atoms with Crippen molar-refractivity contribution in [2.24, 2.45) is 0 Å². The van der Waals surface area contributed by atoms with E-state index in [-0.39, 0.29) is 5.91 Å². The van der Waals surface area contributed by atoms with Crippen molar-refractivity contribution in [1.29, 1.82) is 0 Å². The minimum Gasteiger partial charge on any atom is -0.396 e. The molecule has 0 spiro atoms. The van der Waals surface area contributed by atoms with Gasteiger partial charge in [-0.2, -0.15) is 0 Å². The second kappa shape index (κ2) is 19.5. The molecular formula is C21H42N2O2. The molecule has 0 bridgehead atoms. The Morgan fingerprint density at radius 2 is 1.60 bits per heavy atom. The lowest BCUT2D eigenvalue weighted by atomic mass is 10.1. The summed E-state index contributed by atoms with van der Waals surface area (Å²) in [6, 6.07) is 0. The van der Waals surface area contributed by atoms with E-state index in [0.717, 1.165) is 64.7 Å². The van der Waals surface area contributed by atoms with Gasteiger partial charge in [-0.25, -0.2) is 0 Å². The molecule has 0 aliphatic carbocycles. The molecule has 0 heterocycles. The number of hydrogen-bond acceptors (Lipinski definition) is 3. The van der Waals surface area contributed by atoms with E-state index in [1.165, 1.54) is 32.1 Å². The zero-order valence-electron chi connectivity index (χ0n) is 16.6. The van der Waals surface area contributed by atoms with Crippen LogP contribution in [0.15, 0.2) is 12.7 Å². The van der Waals surface area contributed by atoms with E-state index >= 15 is 0 Å². The molecule has 0 aliphatic heterocycles. The number of carbonyl (C=O) groups is 1. The van der Waals surface area contributed by atoms with Crippen molar-refractivity contribution in [1.82, 2.24) is 10.2 Å². The number of aliphatic hydroxyl groups excluding tert-OH is 1. The smallest absolute Gasteiger partial charge is 0.220 e. The molecule has 0 unspecified atom stereocenters. The summed E-state index contributed by atoms with van der Waals surface area (Å²) in [4.78, 5) is 14.2. The van der Waals surface area contributed by atoms with Gasteiger partial charge >= 0.3 is 0 Å². The van der Waals surface area contributed by atoms with Crippen LogP contribution in [0.1, 0.15) is 84.0 Å². The van der Waals surface area contributed by atoms with Gasteiger partial charge in [-0.3, -0.25) is 4.79 Å². The topological polar surface area (TPSA) is 52.6 Å². The van der Waals surface area contributed by atoms with Crippen LogP contribution in [0.25, 0.3) is 0 Å². The maximum absolute atomic E-state index is 11.8. The molecule has 1 amide bonds. The summed E-state index contributed by atoms with van der Waals surface area (Å²) in [6.07, 6.45) is 15.3. The number of unbranched alkanes of at least 4 members (excludes halogenated alkanes) is 9. The normalized spacial score (nSPS) is 11.0. The van der Waals surface area contributed by atoms with Crippen molar-refractivity contribution >= 4 is 5.91 Å². The van der Waals surface area contributed by atoms with Crippen LogP contribution in [0, 0.1) is 0 Å². The summed E-state index contributed by atoms with van der Waals surface area (Å²) in [6.45, 7) is 10.1. The molecule has 0 aromatic heterocycles. The molecule has 0 saturated carbocycles. The molecule has 0 atom stereocenters. The molecule has 148 valence electrons. The van der Waals surface area contributed by atoms with Crippen LogP contribution in [0.4, 0.5) is 0 Å². The largest absolute Gasteiger partial charge is 0.396 e. The second-order valence-electron chi connectivity index (χ2n) is 6.87. The van der Waals surface area contributed by atoms with E-state index in [1.54, 1.807) is 0 Å². The average molecular weight is 355 g/mol. The van der Waals surface area contributed by atoms with Crippen LogP contribution in [0.3, 0.4) is 0 Å². The van der Waals surface area contributed by atoms with Crippen LogP contribution in [0.5, 0.6) is 0 Å². The Morgan fingerprint density at radius 1 is 0.960 bits per heavy atom. The number of rotatable bonds is 19. The molecule has 25 heavy (non-hydrogen) atoms. The number of hydrogen-bond donors (Lipinski definition) is 2. The fourth-order valence-corrected chi connectivity index (χ4v) is 2.95. The van der Waals surface area contributed by atoms with Crippen LogP contribution >= 0.6 is 0 Å². The Hall–Kier alpha value is -0.870. The van der Waals surface area contributed by atoms with E-state index in [0.29, 0.717) is 13.0 Å². The highest BCUT2D eigenvalue weighted by atomic mass is 16.2. The van der Waals surface area contributed by atoms with Gasteiger partial charge in [0.15, 0.2) is 0 Å². The van der Waals surface area contributed by atoms with E-state index in [1.807, 2.05) is 6.08 Å². The summed E-state index contributed by atoms with van der Waals surface area (Å²) in [5, 5.41) is 11.8. The number of allylic oxidation sites excluding steroid dienone is 1. The first-order chi connectivity index (χ1) is 12.2. The number of aliphatic hydroxyl groups is 1. The molecule has 4 nitrogen and oxygen atoms in total. The lowest BCUT2D eigenvalue weighted by Gasteiger charge is -2.20. The lowest BCUT2D eigenvalue weighted by Crippen LogP contribution is -2.35. The van der Waals surface area contributed by atoms with Gasteiger partial charge in [0.05, 0.1) is 0 Å². The highest BCUT2D eigenvalue weighted by Crippen LogP contribution is 2.07. The summed E-state index contributed by atoms with van der Waals surface area (Å²) < 4.78 is 0. The molecular weight excluding hydrogens is 312 g/mol. The first-order valence-electron chi connectivity index (χ1n) is 10.4. The summed E-state index contributed by atoms with van der Waals surface area (Å²) >= 11 is 0. The molecule has 0 radical (unpaired) electrons. The van der Waals surface area contributed by atoms with Crippen molar-refractivity contribution in [3.63, 3.8) is 0 Å². The fourth-order valence-electron chi connectivity index (χ4n) is 2.95. The van der Waals surface area contributed by atoms with E-state index < -0.39 is 0 Å². The Balaban J connectivity index is 3.48. The quantitative estimate of drug-likeness (QED) is 0.269. The Labute approximate surface area is 156 Å². The second-order valence-corrected chi connectivity index (χ2v) is 6.87. The number of carbonyl (C=O) groups excluding carboxylic acids is 1. The summed E-state index contributed by atoms with van der Waals surface area (Å²) in [7, 11) is 0. The van der Waals surface area contributed by atoms with Crippen molar-refractivity contribution in [3.8, 4) is 0 Å². The maximum atomic E-state index is 11.8. The molecule has 0 rings (SSSR count). The third-order valence-corrected chi connectivity index (χ3v) is 4.64. The zero-order valence-corrected chi connectivity index (χ0v) is 16.6. The van der Waals surface area contributed by atoms with Gasteiger partial charge in [0, 0.05) is 26.1 Å². The standard InChI is InChI=1S/C21H42N2O2/c1-3-5-6-10-13-16-21(25)22-17-19-23(4-2)18-14-11-8-7-9-12-15-20-24/h3,24H,1,4-20H2,2H3,(H,22,25). The molecule has 0 aliphatic rings. The Morgan fingerprint density at radius 3 is 2.24 bits per heavy atom. The molecule has 4 heteroatoms. The van der Waals surface area contributed by atoms with Gasteiger partial charge in [0.1, 0.15) is 0 Å². The molecule has 0 aromatic carbocycles. The lowest BCUT2D eigenvalue weighted by molar-refractivity contribution is -0.121. The molecule has 0 fully saturated rings. The third kappa shape index (κ3) is 17.7. The minimum absolute atomic E-state index is 0.192.